The fourth-order valence-corrected chi connectivity index (χ4v) is 5.24. The molecule has 2 unspecified atom stereocenters. The number of aliphatic carboxylic acids is 1. The molecular formula is C27H32N2O6. The van der Waals surface area contributed by atoms with E-state index in [2.05, 4.69) is 34.9 Å². The average Bonchev–Trinajstić information content (AvgIpc) is 3.48. The van der Waals surface area contributed by atoms with Crippen LogP contribution in [0.4, 0.5) is 4.79 Å². The second kappa shape index (κ2) is 10.5. The van der Waals surface area contributed by atoms with E-state index < -0.39 is 29.6 Å². The number of amides is 2. The lowest BCUT2D eigenvalue weighted by Crippen LogP contribution is -2.55. The van der Waals surface area contributed by atoms with E-state index in [1.165, 1.54) is 7.11 Å². The van der Waals surface area contributed by atoms with Gasteiger partial charge in [-0.2, -0.15) is 0 Å². The van der Waals surface area contributed by atoms with Gasteiger partial charge in [-0.1, -0.05) is 61.4 Å². The molecule has 0 heterocycles. The molecule has 8 heteroatoms. The van der Waals surface area contributed by atoms with Crippen molar-refractivity contribution in [3.8, 4) is 11.1 Å². The average molecular weight is 481 g/mol. The van der Waals surface area contributed by atoms with E-state index >= 15 is 0 Å². The van der Waals surface area contributed by atoms with Gasteiger partial charge in [0.25, 0.3) is 0 Å². The van der Waals surface area contributed by atoms with Crippen LogP contribution in [0, 0.1) is 5.41 Å². The first kappa shape index (κ1) is 24.7. The Morgan fingerprint density at radius 3 is 2.14 bits per heavy atom. The van der Waals surface area contributed by atoms with Crippen LogP contribution in [0.15, 0.2) is 48.5 Å². The van der Waals surface area contributed by atoms with E-state index in [1.54, 1.807) is 6.92 Å². The second-order valence-electron chi connectivity index (χ2n) is 9.40. The number of fused-ring (bicyclic) bond motifs is 3. The molecule has 2 amide bonds. The van der Waals surface area contributed by atoms with Gasteiger partial charge in [-0.25, -0.2) is 9.59 Å². The quantitative estimate of drug-likeness (QED) is 0.504. The molecule has 2 aliphatic carbocycles. The summed E-state index contributed by atoms with van der Waals surface area (Å²) in [6.45, 7) is 1.87. The van der Waals surface area contributed by atoms with Crippen LogP contribution in [-0.2, 0) is 19.1 Å². The number of carbonyl (C=O) groups is 3. The Hall–Kier alpha value is -3.39. The SMILES string of the molecule is COC(C)C(NC(=O)C1(CNC(=O)OCC2c3ccccc3-c3ccccc32)CCCC1)C(=O)O. The normalized spacial score (nSPS) is 17.7. The molecule has 0 aliphatic heterocycles. The fraction of sp³-hybridized carbons (Fsp3) is 0.444. The molecule has 0 aromatic heterocycles. The molecular weight excluding hydrogens is 448 g/mol. The van der Waals surface area contributed by atoms with Crippen molar-refractivity contribution in [3.63, 3.8) is 0 Å². The van der Waals surface area contributed by atoms with Gasteiger partial charge in [0, 0.05) is 19.6 Å². The Morgan fingerprint density at radius 1 is 1.03 bits per heavy atom. The molecule has 0 radical (unpaired) electrons. The molecule has 35 heavy (non-hydrogen) atoms. The molecule has 186 valence electrons. The van der Waals surface area contributed by atoms with Gasteiger partial charge in [-0.05, 0) is 42.0 Å². The highest BCUT2D eigenvalue weighted by atomic mass is 16.5. The van der Waals surface area contributed by atoms with Crippen LogP contribution >= 0.6 is 0 Å². The lowest BCUT2D eigenvalue weighted by Gasteiger charge is -2.30. The minimum atomic E-state index is -1.17. The molecule has 2 aromatic rings. The third-order valence-corrected chi connectivity index (χ3v) is 7.35. The van der Waals surface area contributed by atoms with Crippen LogP contribution in [0.1, 0.15) is 49.7 Å². The van der Waals surface area contributed by atoms with Crippen LogP contribution in [0.2, 0.25) is 0 Å². The number of carboxylic acid groups (broad SMARTS) is 1. The molecule has 0 bridgehead atoms. The van der Waals surface area contributed by atoms with Crippen LogP contribution < -0.4 is 10.6 Å². The summed E-state index contributed by atoms with van der Waals surface area (Å²) < 4.78 is 10.7. The molecule has 2 atom stereocenters. The maximum atomic E-state index is 13.1. The summed E-state index contributed by atoms with van der Waals surface area (Å²) in [7, 11) is 1.40. The Morgan fingerprint density at radius 2 is 1.60 bits per heavy atom. The number of alkyl carbamates (subject to hydrolysis) is 1. The molecule has 1 fully saturated rings. The maximum absolute atomic E-state index is 13.1. The van der Waals surface area contributed by atoms with E-state index in [0.717, 1.165) is 35.1 Å². The predicted molar refractivity (Wildman–Crippen MR) is 130 cm³/mol. The molecule has 0 spiro atoms. The molecule has 2 aromatic carbocycles. The third kappa shape index (κ3) is 5.03. The van der Waals surface area contributed by atoms with Crippen molar-refractivity contribution in [1.29, 1.82) is 0 Å². The van der Waals surface area contributed by atoms with E-state index in [9.17, 15) is 19.5 Å². The van der Waals surface area contributed by atoms with Crippen molar-refractivity contribution in [2.75, 3.05) is 20.3 Å². The zero-order valence-electron chi connectivity index (χ0n) is 20.1. The Labute approximate surface area is 205 Å². The van der Waals surface area contributed by atoms with Crippen molar-refractivity contribution in [2.24, 2.45) is 5.41 Å². The first-order chi connectivity index (χ1) is 16.9. The van der Waals surface area contributed by atoms with E-state index in [1.807, 2.05) is 24.3 Å². The minimum Gasteiger partial charge on any atom is -0.480 e. The van der Waals surface area contributed by atoms with Crippen molar-refractivity contribution in [1.82, 2.24) is 10.6 Å². The van der Waals surface area contributed by atoms with E-state index in [-0.39, 0.29) is 25.0 Å². The standard InChI is InChI=1S/C27H32N2O6/c1-17(34-2)23(24(30)31)29-25(32)27(13-7-8-14-27)16-28-26(33)35-15-22-20-11-5-3-9-18(20)19-10-4-6-12-21(19)22/h3-6,9-12,17,22-23H,7-8,13-16H2,1-2H3,(H,28,33)(H,29,32)(H,30,31). The number of nitrogens with one attached hydrogen (secondary N) is 2. The highest BCUT2D eigenvalue weighted by molar-refractivity contribution is 5.88. The van der Waals surface area contributed by atoms with Crippen molar-refractivity contribution in [2.45, 2.75) is 50.7 Å². The van der Waals surface area contributed by atoms with Gasteiger partial charge >= 0.3 is 12.1 Å². The third-order valence-electron chi connectivity index (χ3n) is 7.35. The summed E-state index contributed by atoms with van der Waals surface area (Å²) >= 11 is 0. The summed E-state index contributed by atoms with van der Waals surface area (Å²) in [6.07, 6.45) is 1.51. The van der Waals surface area contributed by atoms with Gasteiger partial charge in [-0.3, -0.25) is 4.79 Å². The minimum absolute atomic E-state index is 0.0521. The molecule has 2 aliphatic rings. The smallest absolute Gasteiger partial charge is 0.407 e. The summed E-state index contributed by atoms with van der Waals surface area (Å²) in [6, 6.07) is 15.1. The monoisotopic (exact) mass is 480 g/mol. The second-order valence-corrected chi connectivity index (χ2v) is 9.40. The van der Waals surface area contributed by atoms with Crippen LogP contribution in [0.5, 0.6) is 0 Å². The summed E-state index contributed by atoms with van der Waals surface area (Å²) in [5.41, 5.74) is 3.68. The Kier molecular flexibility index (Phi) is 7.40. The van der Waals surface area contributed by atoms with Gasteiger partial charge in [0.15, 0.2) is 6.04 Å². The van der Waals surface area contributed by atoms with Crippen LogP contribution in [-0.4, -0.2) is 55.5 Å². The summed E-state index contributed by atoms with van der Waals surface area (Å²) in [5, 5.41) is 14.9. The first-order valence-corrected chi connectivity index (χ1v) is 12.0. The highest BCUT2D eigenvalue weighted by Gasteiger charge is 2.43. The topological polar surface area (TPSA) is 114 Å². The number of benzene rings is 2. The van der Waals surface area contributed by atoms with Gasteiger partial charge < -0.3 is 25.2 Å². The van der Waals surface area contributed by atoms with Crippen molar-refractivity contribution >= 4 is 18.0 Å². The van der Waals surface area contributed by atoms with E-state index in [4.69, 9.17) is 9.47 Å². The maximum Gasteiger partial charge on any atom is 0.407 e. The molecule has 3 N–H and O–H groups in total. The van der Waals surface area contributed by atoms with E-state index in [0.29, 0.717) is 12.8 Å². The zero-order valence-corrected chi connectivity index (χ0v) is 20.1. The fourth-order valence-electron chi connectivity index (χ4n) is 5.24. The number of hydrogen-bond donors (Lipinski definition) is 3. The number of methoxy groups -OCH3 is 1. The molecule has 4 rings (SSSR count). The largest absolute Gasteiger partial charge is 0.480 e. The van der Waals surface area contributed by atoms with Gasteiger partial charge in [0.1, 0.15) is 6.61 Å². The molecule has 8 nitrogen and oxygen atoms in total. The van der Waals surface area contributed by atoms with Crippen molar-refractivity contribution in [3.05, 3.63) is 59.7 Å². The zero-order chi connectivity index (χ0) is 25.0. The number of rotatable bonds is 9. The highest BCUT2D eigenvalue weighted by Crippen LogP contribution is 2.44. The number of carbonyl (C=O) groups excluding carboxylic acids is 2. The van der Waals surface area contributed by atoms with Crippen LogP contribution in [0.3, 0.4) is 0 Å². The molecule has 1 saturated carbocycles. The number of ether oxygens (including phenoxy) is 2. The van der Waals surface area contributed by atoms with Crippen molar-refractivity contribution < 1.29 is 29.0 Å². The van der Waals surface area contributed by atoms with Gasteiger partial charge in [0.05, 0.1) is 11.5 Å². The number of hydrogen-bond acceptors (Lipinski definition) is 5. The molecule has 0 saturated heterocycles. The number of carboxylic acids is 1. The predicted octanol–water partition coefficient (Wildman–Crippen LogP) is 3.69. The van der Waals surface area contributed by atoms with Gasteiger partial charge in [0.2, 0.25) is 5.91 Å². The summed E-state index contributed by atoms with van der Waals surface area (Å²) in [5.74, 6) is -1.60. The summed E-state index contributed by atoms with van der Waals surface area (Å²) in [4.78, 5) is 37.4. The Balaban J connectivity index is 1.38. The Bertz CT molecular complexity index is 1050. The lowest BCUT2D eigenvalue weighted by molar-refractivity contribution is -0.147. The van der Waals surface area contributed by atoms with Crippen LogP contribution in [0.25, 0.3) is 11.1 Å². The lowest BCUT2D eigenvalue weighted by atomic mass is 9.84. The first-order valence-electron chi connectivity index (χ1n) is 12.0. The van der Waals surface area contributed by atoms with Gasteiger partial charge in [-0.15, -0.1) is 0 Å².